The molecule has 0 unspecified atom stereocenters. The van der Waals surface area contributed by atoms with Crippen molar-refractivity contribution in [3.8, 4) is 0 Å². The lowest BCUT2D eigenvalue weighted by atomic mass is 10.2. The van der Waals surface area contributed by atoms with Gasteiger partial charge in [0.25, 0.3) is 5.95 Å². The minimum atomic E-state index is -0.331. The van der Waals surface area contributed by atoms with Crippen LogP contribution in [0, 0.1) is 0 Å². The summed E-state index contributed by atoms with van der Waals surface area (Å²) in [6, 6.07) is 9.51. The van der Waals surface area contributed by atoms with E-state index in [9.17, 15) is 4.79 Å². The predicted molar refractivity (Wildman–Crippen MR) is 87.9 cm³/mol. The highest BCUT2D eigenvalue weighted by Gasteiger charge is 2.06. The summed E-state index contributed by atoms with van der Waals surface area (Å²) < 4.78 is 0. The van der Waals surface area contributed by atoms with E-state index in [-0.39, 0.29) is 17.0 Å². The third-order valence-corrected chi connectivity index (χ3v) is 2.77. The van der Waals surface area contributed by atoms with Gasteiger partial charge in [0.2, 0.25) is 5.91 Å². The molecule has 0 aliphatic carbocycles. The van der Waals surface area contributed by atoms with Gasteiger partial charge in [-0.15, -0.1) is 5.10 Å². The molecule has 0 aliphatic heterocycles. The predicted octanol–water partition coefficient (Wildman–Crippen LogP) is 1.61. The van der Waals surface area contributed by atoms with Crippen molar-refractivity contribution in [1.29, 1.82) is 0 Å². The van der Waals surface area contributed by atoms with Crippen LogP contribution in [0.5, 0.6) is 0 Å². The summed E-state index contributed by atoms with van der Waals surface area (Å²) in [5.41, 5.74) is 0.931. The Balaban J connectivity index is 1.83. The first kappa shape index (κ1) is 15.8. The van der Waals surface area contributed by atoms with Gasteiger partial charge in [-0.3, -0.25) is 15.4 Å². The normalized spacial score (nSPS) is 10.6. The summed E-state index contributed by atoms with van der Waals surface area (Å²) >= 11 is 5.02. The van der Waals surface area contributed by atoms with E-state index in [1.807, 2.05) is 37.3 Å². The van der Waals surface area contributed by atoms with E-state index in [1.165, 1.54) is 10.9 Å². The molecule has 0 saturated carbocycles. The summed E-state index contributed by atoms with van der Waals surface area (Å²) in [4.78, 5) is 13.2. The number of aromatic nitrogens is 4. The maximum Gasteiger partial charge on any atom is 0.269 e. The van der Waals surface area contributed by atoms with Crippen LogP contribution in [0.3, 0.4) is 0 Å². The second-order valence-electron chi connectivity index (χ2n) is 4.40. The number of thiocarbonyl (C=S) groups is 1. The number of anilines is 1. The molecule has 8 heteroatoms. The van der Waals surface area contributed by atoms with Crippen molar-refractivity contribution in [2.45, 2.75) is 19.9 Å². The molecule has 1 aromatic heterocycles. The molecule has 1 aromatic carbocycles. The van der Waals surface area contributed by atoms with E-state index in [0.29, 0.717) is 6.54 Å². The molecular formula is C14H16N6OS. The van der Waals surface area contributed by atoms with Gasteiger partial charge in [0.1, 0.15) is 0 Å². The average Bonchev–Trinajstić information content (AvgIpc) is 2.93. The van der Waals surface area contributed by atoms with Crippen molar-refractivity contribution < 1.29 is 4.79 Å². The molecular weight excluding hydrogens is 300 g/mol. The lowest BCUT2D eigenvalue weighted by Crippen LogP contribution is -2.33. The molecule has 0 bridgehead atoms. The van der Waals surface area contributed by atoms with Crippen molar-refractivity contribution >= 4 is 35.3 Å². The zero-order chi connectivity index (χ0) is 15.8. The van der Waals surface area contributed by atoms with Crippen molar-refractivity contribution in [2.75, 3.05) is 5.32 Å². The van der Waals surface area contributed by atoms with Gasteiger partial charge >= 0.3 is 0 Å². The molecule has 7 nitrogen and oxygen atoms in total. The Labute approximate surface area is 133 Å². The van der Waals surface area contributed by atoms with E-state index in [2.05, 4.69) is 26.0 Å². The average molecular weight is 316 g/mol. The van der Waals surface area contributed by atoms with Gasteiger partial charge in [0.05, 0.1) is 6.54 Å². The van der Waals surface area contributed by atoms with E-state index in [0.717, 1.165) is 12.0 Å². The number of nitrogens with zero attached hydrogens (tertiary/aromatic N) is 4. The lowest BCUT2D eigenvalue weighted by Gasteiger charge is -2.03. The third kappa shape index (κ3) is 5.06. The maximum absolute atomic E-state index is 11.7. The van der Waals surface area contributed by atoms with E-state index >= 15 is 0 Å². The lowest BCUT2D eigenvalue weighted by molar-refractivity contribution is -0.115. The van der Waals surface area contributed by atoms with Crippen LogP contribution < -0.4 is 10.6 Å². The minimum absolute atomic E-state index is 0.124. The van der Waals surface area contributed by atoms with Crippen LogP contribution in [0.25, 0.3) is 6.08 Å². The van der Waals surface area contributed by atoms with Crippen LogP contribution in [-0.4, -0.2) is 31.2 Å². The molecule has 0 aliphatic rings. The van der Waals surface area contributed by atoms with Gasteiger partial charge in [0, 0.05) is 6.08 Å². The van der Waals surface area contributed by atoms with Crippen LogP contribution in [-0.2, 0) is 11.3 Å². The molecule has 0 atom stereocenters. The van der Waals surface area contributed by atoms with Crippen LogP contribution in [0.15, 0.2) is 36.4 Å². The summed E-state index contributed by atoms with van der Waals surface area (Å²) in [5, 5.41) is 17.0. The van der Waals surface area contributed by atoms with Crippen LogP contribution in [0.1, 0.15) is 18.9 Å². The number of amides is 1. The first-order valence-corrected chi connectivity index (χ1v) is 7.21. The molecule has 22 heavy (non-hydrogen) atoms. The summed E-state index contributed by atoms with van der Waals surface area (Å²) in [5.74, 6) is -0.0758. The number of hydrogen-bond acceptors (Lipinski definition) is 5. The summed E-state index contributed by atoms with van der Waals surface area (Å²) in [7, 11) is 0. The van der Waals surface area contributed by atoms with Crippen LogP contribution in [0.2, 0.25) is 0 Å². The molecule has 2 aromatic rings. The summed E-state index contributed by atoms with van der Waals surface area (Å²) in [6.07, 6.45) is 4.01. The highest BCUT2D eigenvalue weighted by atomic mass is 32.1. The molecule has 0 fully saturated rings. The second-order valence-corrected chi connectivity index (χ2v) is 4.80. The highest BCUT2D eigenvalue weighted by molar-refractivity contribution is 7.80. The minimum Gasteiger partial charge on any atom is -0.299 e. The Morgan fingerprint density at radius 3 is 2.86 bits per heavy atom. The number of hydrogen-bond donors (Lipinski definition) is 2. The van der Waals surface area contributed by atoms with Gasteiger partial charge in [0.15, 0.2) is 5.11 Å². The Morgan fingerprint density at radius 1 is 1.36 bits per heavy atom. The number of benzene rings is 1. The Morgan fingerprint density at radius 2 is 2.14 bits per heavy atom. The van der Waals surface area contributed by atoms with Crippen LogP contribution >= 0.6 is 12.2 Å². The van der Waals surface area contributed by atoms with Gasteiger partial charge in [-0.1, -0.05) is 42.4 Å². The molecule has 0 saturated heterocycles. The van der Waals surface area contributed by atoms with E-state index in [1.54, 1.807) is 6.08 Å². The second kappa shape index (κ2) is 7.99. The number of carbonyl (C=O) groups excluding carboxylic acids is 1. The fraction of sp³-hybridized carbons (Fsp3) is 0.214. The molecule has 0 radical (unpaired) electrons. The van der Waals surface area contributed by atoms with Crippen LogP contribution in [0.4, 0.5) is 5.95 Å². The molecule has 2 N–H and O–H groups in total. The largest absolute Gasteiger partial charge is 0.299 e. The fourth-order valence-corrected chi connectivity index (χ4v) is 1.80. The van der Waals surface area contributed by atoms with Gasteiger partial charge < -0.3 is 0 Å². The van der Waals surface area contributed by atoms with Gasteiger partial charge in [-0.25, -0.2) is 0 Å². The number of carbonyl (C=O) groups is 1. The summed E-state index contributed by atoms with van der Waals surface area (Å²) in [6.45, 7) is 2.69. The first-order valence-electron chi connectivity index (χ1n) is 6.80. The Bertz CT molecular complexity index is 667. The third-order valence-electron chi connectivity index (χ3n) is 2.57. The number of nitrogens with one attached hydrogen (secondary N) is 2. The standard InChI is InChI=1S/C14H16N6OS/c1-2-10-20-18-13(17-19-20)16-14(22)15-12(21)9-8-11-6-4-3-5-7-11/h3-9H,2,10H2,1H3,(H2,15,16,18,21,22)/b9-8+. The Hall–Kier alpha value is -2.61. The number of tetrazole rings is 1. The SMILES string of the molecule is CCCn1nnc(NC(=S)NC(=O)/C=C/c2ccccc2)n1. The van der Waals surface area contributed by atoms with E-state index < -0.39 is 0 Å². The van der Waals surface area contributed by atoms with Crippen molar-refractivity contribution in [2.24, 2.45) is 0 Å². The Kier molecular flexibility index (Phi) is 5.73. The molecule has 2 rings (SSSR count). The van der Waals surface area contributed by atoms with Gasteiger partial charge in [-0.2, -0.15) is 4.80 Å². The first-order chi connectivity index (χ1) is 10.7. The highest BCUT2D eigenvalue weighted by Crippen LogP contribution is 2.00. The smallest absolute Gasteiger partial charge is 0.269 e. The molecule has 114 valence electrons. The zero-order valence-electron chi connectivity index (χ0n) is 12.1. The quantitative estimate of drug-likeness (QED) is 0.644. The van der Waals surface area contributed by atoms with Crippen molar-refractivity contribution in [1.82, 2.24) is 25.5 Å². The van der Waals surface area contributed by atoms with Crippen molar-refractivity contribution in [3.05, 3.63) is 42.0 Å². The van der Waals surface area contributed by atoms with Gasteiger partial charge in [-0.05, 0) is 35.5 Å². The number of rotatable bonds is 5. The maximum atomic E-state index is 11.7. The topological polar surface area (TPSA) is 84.7 Å². The number of aryl methyl sites for hydroxylation is 1. The molecule has 1 amide bonds. The fourth-order valence-electron chi connectivity index (χ4n) is 1.61. The molecule has 1 heterocycles. The van der Waals surface area contributed by atoms with Crippen molar-refractivity contribution in [3.63, 3.8) is 0 Å². The monoisotopic (exact) mass is 316 g/mol. The van der Waals surface area contributed by atoms with E-state index in [4.69, 9.17) is 12.2 Å². The zero-order valence-corrected chi connectivity index (χ0v) is 12.9. The molecule has 0 spiro atoms.